The van der Waals surface area contributed by atoms with Gasteiger partial charge in [0.25, 0.3) is 11.5 Å². The number of hydrogen-bond acceptors (Lipinski definition) is 4. The normalized spacial score (nSPS) is 10.8. The number of primary amides is 1. The largest absolute Gasteiger partial charge is 0.365 e. The molecule has 3 aromatic rings. The van der Waals surface area contributed by atoms with Crippen LogP contribution < -0.4 is 11.3 Å². The third-order valence-electron chi connectivity index (χ3n) is 3.87. The summed E-state index contributed by atoms with van der Waals surface area (Å²) in [6, 6.07) is 11.0. The number of aryl methyl sites for hydroxylation is 2. The Labute approximate surface area is 138 Å². The summed E-state index contributed by atoms with van der Waals surface area (Å²) in [5.74, 6) is -0.136. The third-order valence-corrected chi connectivity index (χ3v) is 3.87. The van der Waals surface area contributed by atoms with Gasteiger partial charge in [-0.2, -0.15) is 0 Å². The monoisotopic (exact) mass is 323 g/mol. The summed E-state index contributed by atoms with van der Waals surface area (Å²) in [6.07, 6.45) is 1.70. The minimum atomic E-state index is -0.754. The van der Waals surface area contributed by atoms with E-state index in [2.05, 4.69) is 5.16 Å². The molecule has 0 aliphatic rings. The van der Waals surface area contributed by atoms with E-state index in [9.17, 15) is 9.59 Å². The van der Waals surface area contributed by atoms with E-state index in [4.69, 9.17) is 10.3 Å². The first-order valence-corrected chi connectivity index (χ1v) is 7.49. The van der Waals surface area contributed by atoms with Gasteiger partial charge in [0.2, 0.25) is 0 Å². The summed E-state index contributed by atoms with van der Waals surface area (Å²) < 4.78 is 6.67. The number of nitrogens with two attached hydrogens (primary N) is 1. The Hall–Kier alpha value is -3.15. The number of carbonyl (C=O) groups is 1. The molecular weight excluding hydrogens is 306 g/mol. The van der Waals surface area contributed by atoms with Gasteiger partial charge in [0, 0.05) is 17.3 Å². The van der Waals surface area contributed by atoms with E-state index < -0.39 is 11.5 Å². The minimum absolute atomic E-state index is 0.0524. The molecule has 0 atom stereocenters. The average Bonchev–Trinajstić information content (AvgIpc) is 2.89. The SMILES string of the molecule is Cc1noc(C)c1-c1cc(C(N)=O)c(=O)n(Cc2ccccc2)c1. The molecule has 3 rings (SSSR count). The average molecular weight is 323 g/mol. The predicted octanol–water partition coefficient (Wildman–Crippen LogP) is 2.27. The Balaban J connectivity index is 2.18. The fourth-order valence-electron chi connectivity index (χ4n) is 2.74. The molecule has 0 fully saturated rings. The van der Waals surface area contributed by atoms with Crippen LogP contribution in [0.5, 0.6) is 0 Å². The minimum Gasteiger partial charge on any atom is -0.365 e. The van der Waals surface area contributed by atoms with Crippen molar-refractivity contribution < 1.29 is 9.32 Å². The smallest absolute Gasteiger partial charge is 0.263 e. The highest BCUT2D eigenvalue weighted by atomic mass is 16.5. The Morgan fingerprint density at radius 1 is 1.25 bits per heavy atom. The van der Waals surface area contributed by atoms with E-state index in [1.54, 1.807) is 13.1 Å². The standard InChI is InChI=1S/C18H17N3O3/c1-11-16(12(2)24-20-11)14-8-15(17(19)22)18(23)21(10-14)9-13-6-4-3-5-7-13/h3-8,10H,9H2,1-2H3,(H2,19,22). The number of nitrogens with zero attached hydrogens (tertiary/aromatic N) is 2. The number of rotatable bonds is 4. The Morgan fingerprint density at radius 3 is 2.54 bits per heavy atom. The van der Waals surface area contributed by atoms with Crippen LogP contribution in [-0.4, -0.2) is 15.6 Å². The van der Waals surface area contributed by atoms with Crippen LogP contribution in [0, 0.1) is 13.8 Å². The molecule has 0 saturated carbocycles. The van der Waals surface area contributed by atoms with Gasteiger partial charge in [-0.1, -0.05) is 35.5 Å². The molecule has 6 heteroatoms. The first kappa shape index (κ1) is 15.7. The van der Waals surface area contributed by atoms with Crippen molar-refractivity contribution in [2.75, 3.05) is 0 Å². The van der Waals surface area contributed by atoms with E-state index in [0.717, 1.165) is 11.1 Å². The molecule has 2 N–H and O–H groups in total. The molecule has 0 unspecified atom stereocenters. The Morgan fingerprint density at radius 2 is 1.96 bits per heavy atom. The molecule has 0 aliphatic heterocycles. The summed E-state index contributed by atoms with van der Waals surface area (Å²) in [4.78, 5) is 24.2. The van der Waals surface area contributed by atoms with Crippen molar-refractivity contribution in [2.24, 2.45) is 5.73 Å². The number of amides is 1. The van der Waals surface area contributed by atoms with E-state index in [0.29, 0.717) is 23.6 Å². The van der Waals surface area contributed by atoms with Crippen molar-refractivity contribution in [3.63, 3.8) is 0 Å². The van der Waals surface area contributed by atoms with E-state index in [-0.39, 0.29) is 5.56 Å². The summed E-state index contributed by atoms with van der Waals surface area (Å²) in [7, 11) is 0. The van der Waals surface area contributed by atoms with Gasteiger partial charge in [-0.15, -0.1) is 0 Å². The lowest BCUT2D eigenvalue weighted by Crippen LogP contribution is -2.29. The topological polar surface area (TPSA) is 91.1 Å². The molecule has 6 nitrogen and oxygen atoms in total. The summed E-state index contributed by atoms with van der Waals surface area (Å²) in [6.45, 7) is 3.94. The summed E-state index contributed by atoms with van der Waals surface area (Å²) in [5.41, 5.74) is 7.99. The maximum atomic E-state index is 12.5. The van der Waals surface area contributed by atoms with Crippen molar-refractivity contribution in [1.82, 2.24) is 9.72 Å². The number of carbonyl (C=O) groups excluding carboxylic acids is 1. The molecule has 0 radical (unpaired) electrons. The zero-order valence-corrected chi connectivity index (χ0v) is 13.4. The lowest BCUT2D eigenvalue weighted by Gasteiger charge is -2.11. The van der Waals surface area contributed by atoms with Crippen LogP contribution in [-0.2, 0) is 6.54 Å². The summed E-state index contributed by atoms with van der Waals surface area (Å²) >= 11 is 0. The summed E-state index contributed by atoms with van der Waals surface area (Å²) in [5, 5.41) is 3.92. The zero-order chi connectivity index (χ0) is 17.3. The van der Waals surface area contributed by atoms with Gasteiger partial charge in [-0.3, -0.25) is 9.59 Å². The molecule has 2 aromatic heterocycles. The first-order valence-electron chi connectivity index (χ1n) is 7.49. The van der Waals surface area contributed by atoms with Gasteiger partial charge in [0.15, 0.2) is 0 Å². The number of benzene rings is 1. The molecule has 0 saturated heterocycles. The van der Waals surface area contributed by atoms with Crippen molar-refractivity contribution in [1.29, 1.82) is 0 Å². The highest BCUT2D eigenvalue weighted by Gasteiger charge is 2.17. The molecule has 0 spiro atoms. The molecule has 122 valence electrons. The van der Waals surface area contributed by atoms with Gasteiger partial charge in [-0.05, 0) is 25.5 Å². The molecular formula is C18H17N3O3. The van der Waals surface area contributed by atoms with Gasteiger partial charge < -0.3 is 14.8 Å². The van der Waals surface area contributed by atoms with Crippen LogP contribution in [0.25, 0.3) is 11.1 Å². The molecule has 0 aliphatic carbocycles. The van der Waals surface area contributed by atoms with Gasteiger partial charge in [-0.25, -0.2) is 0 Å². The Bertz CT molecular complexity index is 936. The second kappa shape index (κ2) is 6.16. The van der Waals surface area contributed by atoms with Crippen molar-refractivity contribution in [2.45, 2.75) is 20.4 Å². The maximum Gasteiger partial charge on any atom is 0.263 e. The molecule has 0 bridgehead atoms. The highest BCUT2D eigenvalue weighted by Crippen LogP contribution is 2.26. The molecule has 24 heavy (non-hydrogen) atoms. The van der Waals surface area contributed by atoms with Gasteiger partial charge in [0.05, 0.1) is 12.2 Å². The van der Waals surface area contributed by atoms with Crippen molar-refractivity contribution in [3.8, 4) is 11.1 Å². The van der Waals surface area contributed by atoms with E-state index in [1.165, 1.54) is 10.6 Å². The number of pyridine rings is 1. The van der Waals surface area contributed by atoms with Crippen LogP contribution >= 0.6 is 0 Å². The fraction of sp³-hybridized carbons (Fsp3) is 0.167. The van der Waals surface area contributed by atoms with Gasteiger partial charge in [0.1, 0.15) is 11.3 Å². The lowest BCUT2D eigenvalue weighted by molar-refractivity contribution is 0.0998. The maximum absolute atomic E-state index is 12.5. The first-order chi connectivity index (χ1) is 11.5. The Kier molecular flexibility index (Phi) is 4.04. The van der Waals surface area contributed by atoms with Crippen LogP contribution in [0.1, 0.15) is 27.4 Å². The molecule has 1 amide bonds. The fourth-order valence-corrected chi connectivity index (χ4v) is 2.74. The zero-order valence-electron chi connectivity index (χ0n) is 13.4. The van der Waals surface area contributed by atoms with Crippen LogP contribution in [0.2, 0.25) is 0 Å². The van der Waals surface area contributed by atoms with E-state index in [1.807, 2.05) is 37.3 Å². The second-order valence-corrected chi connectivity index (χ2v) is 5.62. The van der Waals surface area contributed by atoms with Crippen LogP contribution in [0.3, 0.4) is 0 Å². The quantitative estimate of drug-likeness (QED) is 0.797. The number of aromatic nitrogens is 2. The molecule has 1 aromatic carbocycles. The van der Waals surface area contributed by atoms with Gasteiger partial charge >= 0.3 is 0 Å². The van der Waals surface area contributed by atoms with Crippen molar-refractivity contribution in [3.05, 3.63) is 75.5 Å². The highest BCUT2D eigenvalue weighted by molar-refractivity contribution is 5.93. The number of hydrogen-bond donors (Lipinski definition) is 1. The van der Waals surface area contributed by atoms with Crippen LogP contribution in [0.4, 0.5) is 0 Å². The molecule has 2 heterocycles. The predicted molar refractivity (Wildman–Crippen MR) is 89.7 cm³/mol. The third kappa shape index (κ3) is 2.86. The lowest BCUT2D eigenvalue weighted by atomic mass is 10.0. The second-order valence-electron chi connectivity index (χ2n) is 5.62. The van der Waals surface area contributed by atoms with E-state index >= 15 is 0 Å². The van der Waals surface area contributed by atoms with Crippen LogP contribution in [0.15, 0.2) is 51.9 Å². The van der Waals surface area contributed by atoms with Crippen molar-refractivity contribution >= 4 is 5.91 Å².